The molecular weight excluding hydrogens is 100 g/mol. The minimum Gasteiger partial charge on any atom is -0.400 e. The van der Waals surface area contributed by atoms with Crippen LogP contribution in [0.15, 0.2) is 0 Å². The predicted octanol–water partition coefficient (Wildman–Crippen LogP) is 2.20. The monoisotopic (exact) mass is 118 g/mol. The summed E-state index contributed by atoms with van der Waals surface area (Å²) in [4.78, 5) is 0. The molecule has 0 radical (unpaired) electrons. The maximum absolute atomic E-state index is 7.00. The molecule has 0 unspecified atom stereocenters. The van der Waals surface area contributed by atoms with E-state index in [-0.39, 0.29) is 0 Å². The molecular formula is C7H18O. The quantitative estimate of drug-likeness (QED) is 0.563. The number of rotatable bonds is 3. The van der Waals surface area contributed by atoms with Gasteiger partial charge in [-0.1, -0.05) is 39.5 Å². The van der Waals surface area contributed by atoms with E-state index in [0.717, 1.165) is 7.11 Å². The Bertz CT molecular complexity index is 16.3. The van der Waals surface area contributed by atoms with Gasteiger partial charge in [0.15, 0.2) is 0 Å². The summed E-state index contributed by atoms with van der Waals surface area (Å²) in [5, 5.41) is 7.00. The van der Waals surface area contributed by atoms with Crippen molar-refractivity contribution in [2.75, 3.05) is 7.11 Å². The van der Waals surface area contributed by atoms with Crippen molar-refractivity contribution in [3.05, 3.63) is 0 Å². The van der Waals surface area contributed by atoms with Crippen LogP contribution in [-0.2, 0) is 0 Å². The Labute approximate surface area is 52.7 Å². The largest absolute Gasteiger partial charge is 0.400 e. The summed E-state index contributed by atoms with van der Waals surface area (Å²) >= 11 is 0. The third kappa shape index (κ3) is 16.7. The SMILES string of the molecule is CCCCCC.CO. The second-order valence-corrected chi connectivity index (χ2v) is 1.71. The van der Waals surface area contributed by atoms with E-state index in [9.17, 15) is 0 Å². The van der Waals surface area contributed by atoms with Crippen LogP contribution < -0.4 is 0 Å². The van der Waals surface area contributed by atoms with E-state index in [2.05, 4.69) is 13.8 Å². The molecule has 1 nitrogen and oxygen atoms in total. The highest BCUT2D eigenvalue weighted by Crippen LogP contribution is 1.95. The molecule has 0 aromatic carbocycles. The van der Waals surface area contributed by atoms with Crippen LogP contribution in [0.3, 0.4) is 0 Å². The molecule has 0 saturated carbocycles. The van der Waals surface area contributed by atoms with Gasteiger partial charge in [0.25, 0.3) is 0 Å². The molecule has 52 valence electrons. The number of aliphatic hydroxyl groups excluding tert-OH is 1. The molecule has 0 rings (SSSR count). The fourth-order valence-electron chi connectivity index (χ4n) is 0.500. The highest BCUT2D eigenvalue weighted by atomic mass is 16.2. The number of hydrogen-bond donors (Lipinski definition) is 1. The second kappa shape index (κ2) is 15.8. The summed E-state index contributed by atoms with van der Waals surface area (Å²) in [5.74, 6) is 0. The Hall–Kier alpha value is -0.0400. The van der Waals surface area contributed by atoms with Crippen LogP contribution in [0.25, 0.3) is 0 Å². The van der Waals surface area contributed by atoms with Gasteiger partial charge in [0.1, 0.15) is 0 Å². The van der Waals surface area contributed by atoms with Crippen molar-refractivity contribution in [3.63, 3.8) is 0 Å². The van der Waals surface area contributed by atoms with Gasteiger partial charge < -0.3 is 5.11 Å². The standard InChI is InChI=1S/C6H14.CH4O/c1-3-5-6-4-2;1-2/h3-6H2,1-2H3;2H,1H3. The molecule has 0 aromatic heterocycles. The van der Waals surface area contributed by atoms with Gasteiger partial charge in [-0.3, -0.25) is 0 Å². The first-order chi connectivity index (χ1) is 3.91. The average molecular weight is 118 g/mol. The second-order valence-electron chi connectivity index (χ2n) is 1.71. The number of unbranched alkanes of at least 4 members (excludes halogenated alkanes) is 3. The van der Waals surface area contributed by atoms with Crippen LogP contribution in [0.2, 0.25) is 0 Å². The molecule has 0 aliphatic carbocycles. The summed E-state index contributed by atoms with van der Waals surface area (Å²) in [6, 6.07) is 0. The molecule has 0 aromatic rings. The third-order valence-corrected chi connectivity index (χ3v) is 0.957. The van der Waals surface area contributed by atoms with Crippen LogP contribution >= 0.6 is 0 Å². The van der Waals surface area contributed by atoms with E-state index in [1.54, 1.807) is 0 Å². The summed E-state index contributed by atoms with van der Waals surface area (Å²) in [6.45, 7) is 4.46. The predicted molar refractivity (Wildman–Crippen MR) is 38.0 cm³/mol. The van der Waals surface area contributed by atoms with Crippen molar-refractivity contribution in [3.8, 4) is 0 Å². The van der Waals surface area contributed by atoms with Gasteiger partial charge >= 0.3 is 0 Å². The minimum atomic E-state index is 1.00. The highest BCUT2D eigenvalue weighted by molar-refractivity contribution is 4.31. The Balaban J connectivity index is 0. The Morgan fingerprint density at radius 2 is 1.12 bits per heavy atom. The molecule has 0 spiro atoms. The molecule has 0 aliphatic heterocycles. The molecule has 1 heteroatoms. The van der Waals surface area contributed by atoms with Crippen molar-refractivity contribution in [2.24, 2.45) is 0 Å². The van der Waals surface area contributed by atoms with Crippen LogP contribution in [0, 0.1) is 0 Å². The maximum atomic E-state index is 7.00. The van der Waals surface area contributed by atoms with Crippen molar-refractivity contribution < 1.29 is 5.11 Å². The molecule has 0 bridgehead atoms. The van der Waals surface area contributed by atoms with Gasteiger partial charge in [0.05, 0.1) is 0 Å². The lowest BCUT2D eigenvalue weighted by atomic mass is 10.2. The average Bonchev–Trinajstić information content (AvgIpc) is 1.88. The molecule has 1 N–H and O–H groups in total. The van der Waals surface area contributed by atoms with E-state index in [4.69, 9.17) is 5.11 Å². The molecule has 0 saturated heterocycles. The highest BCUT2D eigenvalue weighted by Gasteiger charge is 1.75. The number of aliphatic hydroxyl groups is 1. The number of hydrogen-bond acceptors (Lipinski definition) is 1. The summed E-state index contributed by atoms with van der Waals surface area (Å²) in [6.07, 6.45) is 5.54. The van der Waals surface area contributed by atoms with E-state index < -0.39 is 0 Å². The van der Waals surface area contributed by atoms with Crippen molar-refractivity contribution >= 4 is 0 Å². The van der Waals surface area contributed by atoms with Crippen molar-refractivity contribution in [2.45, 2.75) is 39.5 Å². The topological polar surface area (TPSA) is 20.2 Å². The fraction of sp³-hybridized carbons (Fsp3) is 1.00. The summed E-state index contributed by atoms with van der Waals surface area (Å²) in [5.41, 5.74) is 0. The van der Waals surface area contributed by atoms with Gasteiger partial charge in [0.2, 0.25) is 0 Å². The molecule has 8 heavy (non-hydrogen) atoms. The van der Waals surface area contributed by atoms with Crippen molar-refractivity contribution in [1.82, 2.24) is 0 Å². The minimum absolute atomic E-state index is 1.00. The van der Waals surface area contributed by atoms with Crippen LogP contribution in [0.1, 0.15) is 39.5 Å². The molecule has 0 fully saturated rings. The third-order valence-electron chi connectivity index (χ3n) is 0.957. The van der Waals surface area contributed by atoms with Gasteiger partial charge in [-0.2, -0.15) is 0 Å². The first-order valence-corrected chi connectivity index (χ1v) is 3.36. The fourth-order valence-corrected chi connectivity index (χ4v) is 0.500. The lowest BCUT2D eigenvalue weighted by Crippen LogP contribution is -1.66. The van der Waals surface area contributed by atoms with E-state index in [1.807, 2.05) is 0 Å². The molecule has 0 amide bonds. The van der Waals surface area contributed by atoms with Crippen molar-refractivity contribution in [1.29, 1.82) is 0 Å². The summed E-state index contributed by atoms with van der Waals surface area (Å²) < 4.78 is 0. The first kappa shape index (κ1) is 10.9. The maximum Gasteiger partial charge on any atom is 0.0319 e. The lowest BCUT2D eigenvalue weighted by molar-refractivity contribution is 0.399. The molecule has 0 heterocycles. The lowest BCUT2D eigenvalue weighted by Gasteiger charge is -1.86. The normalized spacial score (nSPS) is 7.50. The van der Waals surface area contributed by atoms with Gasteiger partial charge in [-0.25, -0.2) is 0 Å². The zero-order valence-electron chi connectivity index (χ0n) is 6.28. The molecule has 0 atom stereocenters. The Kier molecular flexibility index (Phi) is 21.4. The Morgan fingerprint density at radius 1 is 0.875 bits per heavy atom. The van der Waals surface area contributed by atoms with Crippen LogP contribution in [-0.4, -0.2) is 12.2 Å². The van der Waals surface area contributed by atoms with Gasteiger partial charge in [-0.05, 0) is 0 Å². The smallest absolute Gasteiger partial charge is 0.0319 e. The van der Waals surface area contributed by atoms with Crippen LogP contribution in [0.5, 0.6) is 0 Å². The van der Waals surface area contributed by atoms with Crippen LogP contribution in [0.4, 0.5) is 0 Å². The van der Waals surface area contributed by atoms with E-state index >= 15 is 0 Å². The Morgan fingerprint density at radius 3 is 1.25 bits per heavy atom. The van der Waals surface area contributed by atoms with Gasteiger partial charge in [0, 0.05) is 7.11 Å². The zero-order chi connectivity index (χ0) is 6.83. The molecule has 0 aliphatic rings. The van der Waals surface area contributed by atoms with Gasteiger partial charge in [-0.15, -0.1) is 0 Å². The first-order valence-electron chi connectivity index (χ1n) is 3.36. The summed E-state index contributed by atoms with van der Waals surface area (Å²) in [7, 11) is 1.00. The zero-order valence-corrected chi connectivity index (χ0v) is 6.28. The van der Waals surface area contributed by atoms with E-state index in [1.165, 1.54) is 25.7 Å². The van der Waals surface area contributed by atoms with E-state index in [0.29, 0.717) is 0 Å².